The maximum absolute atomic E-state index is 12.3. The van der Waals surface area contributed by atoms with Gasteiger partial charge in [-0.2, -0.15) is 5.10 Å². The van der Waals surface area contributed by atoms with Gasteiger partial charge in [0, 0.05) is 25.0 Å². The van der Waals surface area contributed by atoms with E-state index in [1.165, 1.54) is 52.5 Å². The zero-order valence-electron chi connectivity index (χ0n) is 17.9. The number of hydrazone groups is 1. The van der Waals surface area contributed by atoms with Gasteiger partial charge in [0.15, 0.2) is 17.2 Å². The number of nitro groups is 1. The molecule has 0 aliphatic carbocycles. The van der Waals surface area contributed by atoms with Crippen LogP contribution in [0.3, 0.4) is 0 Å². The van der Waals surface area contributed by atoms with Crippen LogP contribution in [0, 0.1) is 10.1 Å². The summed E-state index contributed by atoms with van der Waals surface area (Å²) in [6.45, 7) is 1.40. The molecule has 1 amide bonds. The first-order chi connectivity index (χ1) is 14.8. The van der Waals surface area contributed by atoms with Gasteiger partial charge >= 0.3 is 5.69 Å². The predicted octanol–water partition coefficient (Wildman–Crippen LogP) is 3.33. The normalized spacial score (nSPS) is 15.3. The van der Waals surface area contributed by atoms with Crippen LogP contribution < -0.4 is 18.9 Å². The first-order valence-corrected chi connectivity index (χ1v) is 9.34. The number of carbonyl (C=O) groups excluding carboxylic acids is 1. The first-order valence-electron chi connectivity index (χ1n) is 9.34. The Hall–Kier alpha value is -3.82. The second kappa shape index (κ2) is 8.90. The summed E-state index contributed by atoms with van der Waals surface area (Å²) in [5.41, 5.74) is 1.70. The van der Waals surface area contributed by atoms with Gasteiger partial charge in [-0.15, -0.1) is 0 Å². The third-order valence-corrected chi connectivity index (χ3v) is 5.02. The molecule has 1 aliphatic rings. The van der Waals surface area contributed by atoms with E-state index in [0.717, 1.165) is 0 Å². The van der Waals surface area contributed by atoms with Gasteiger partial charge in [0.2, 0.25) is 11.7 Å². The summed E-state index contributed by atoms with van der Waals surface area (Å²) >= 11 is 0. The van der Waals surface area contributed by atoms with Crippen LogP contribution in [-0.4, -0.2) is 50.0 Å². The number of amides is 1. The molecule has 0 bridgehead atoms. The molecule has 0 fully saturated rings. The van der Waals surface area contributed by atoms with Crippen LogP contribution in [0.5, 0.6) is 23.0 Å². The monoisotopic (exact) mass is 429 g/mol. The molecule has 0 aromatic heterocycles. The highest BCUT2D eigenvalue weighted by Crippen LogP contribution is 2.41. The van der Waals surface area contributed by atoms with Crippen molar-refractivity contribution in [2.45, 2.75) is 19.4 Å². The van der Waals surface area contributed by atoms with Crippen molar-refractivity contribution in [3.63, 3.8) is 0 Å². The van der Waals surface area contributed by atoms with Gasteiger partial charge < -0.3 is 18.9 Å². The fourth-order valence-corrected chi connectivity index (χ4v) is 3.54. The average molecular weight is 429 g/mol. The molecule has 0 saturated heterocycles. The number of carbonyl (C=O) groups is 1. The zero-order chi connectivity index (χ0) is 22.7. The SMILES string of the molecule is COc1ccc(C2CC(c3cc(OC)c(OC)c(OC)c3)=NN2C(C)=O)cc1[N+](=O)[O-]. The van der Waals surface area contributed by atoms with Gasteiger partial charge in [-0.25, -0.2) is 5.01 Å². The number of nitrogens with zero attached hydrogens (tertiary/aromatic N) is 3. The van der Waals surface area contributed by atoms with E-state index in [2.05, 4.69) is 5.10 Å². The molecule has 1 aliphatic heterocycles. The highest BCUT2D eigenvalue weighted by Gasteiger charge is 2.33. The second-order valence-corrected chi connectivity index (χ2v) is 6.73. The van der Waals surface area contributed by atoms with E-state index in [1.807, 2.05) is 0 Å². The number of hydrogen-bond donors (Lipinski definition) is 0. The van der Waals surface area contributed by atoms with Crippen molar-refractivity contribution in [3.05, 3.63) is 51.6 Å². The third kappa shape index (κ3) is 4.09. The number of rotatable bonds is 7. The molecule has 2 aromatic carbocycles. The van der Waals surface area contributed by atoms with Gasteiger partial charge in [-0.05, 0) is 23.8 Å². The van der Waals surface area contributed by atoms with Crippen LogP contribution in [0.4, 0.5) is 5.69 Å². The van der Waals surface area contributed by atoms with Gasteiger partial charge in [0.05, 0.1) is 45.1 Å². The predicted molar refractivity (Wildman–Crippen MR) is 112 cm³/mol. The average Bonchev–Trinajstić information content (AvgIpc) is 3.23. The Morgan fingerprint density at radius 3 is 2.13 bits per heavy atom. The maximum Gasteiger partial charge on any atom is 0.311 e. The van der Waals surface area contributed by atoms with E-state index in [1.54, 1.807) is 18.2 Å². The summed E-state index contributed by atoms with van der Waals surface area (Å²) in [6, 6.07) is 7.61. The van der Waals surface area contributed by atoms with Crippen LogP contribution in [0.15, 0.2) is 35.4 Å². The lowest BCUT2D eigenvalue weighted by molar-refractivity contribution is -0.385. The summed E-state index contributed by atoms with van der Waals surface area (Å²) in [5, 5.41) is 17.2. The molecule has 164 valence electrons. The number of benzene rings is 2. The van der Waals surface area contributed by atoms with E-state index in [0.29, 0.717) is 40.5 Å². The summed E-state index contributed by atoms with van der Waals surface area (Å²) in [5.74, 6) is 1.21. The molecule has 3 rings (SSSR count). The Balaban J connectivity index is 2.04. The number of nitro benzene ring substituents is 1. The van der Waals surface area contributed by atoms with Crippen molar-refractivity contribution in [1.82, 2.24) is 5.01 Å². The number of methoxy groups -OCH3 is 4. The van der Waals surface area contributed by atoms with E-state index in [-0.39, 0.29) is 17.3 Å². The molecular formula is C21H23N3O7. The van der Waals surface area contributed by atoms with Gasteiger partial charge in [-0.1, -0.05) is 6.07 Å². The van der Waals surface area contributed by atoms with Gasteiger partial charge in [0.25, 0.3) is 0 Å². The molecule has 0 spiro atoms. The smallest absolute Gasteiger partial charge is 0.311 e. The van der Waals surface area contributed by atoms with Crippen LogP contribution in [0.25, 0.3) is 0 Å². The summed E-state index contributed by atoms with van der Waals surface area (Å²) in [4.78, 5) is 23.2. The van der Waals surface area contributed by atoms with Gasteiger partial charge in [-0.3, -0.25) is 14.9 Å². The minimum atomic E-state index is -0.517. The molecule has 10 nitrogen and oxygen atoms in total. The van der Waals surface area contributed by atoms with Crippen molar-refractivity contribution in [1.29, 1.82) is 0 Å². The Labute approximate surface area is 179 Å². The molecule has 2 aromatic rings. The Morgan fingerprint density at radius 2 is 1.65 bits per heavy atom. The standard InChI is InChI=1S/C21H23N3O7/c1-12(25)23-16(13-6-7-18(28-2)17(8-13)24(26)27)11-15(22-23)14-9-19(29-3)21(31-5)20(10-14)30-4/h6-10,16H,11H2,1-5H3. The molecule has 1 atom stereocenters. The van der Waals surface area contributed by atoms with E-state index < -0.39 is 11.0 Å². The Kier molecular flexibility index (Phi) is 6.28. The van der Waals surface area contributed by atoms with Crippen molar-refractivity contribution in [2.24, 2.45) is 5.10 Å². The van der Waals surface area contributed by atoms with E-state index in [4.69, 9.17) is 18.9 Å². The lowest BCUT2D eigenvalue weighted by Crippen LogP contribution is -2.24. The van der Waals surface area contributed by atoms with E-state index in [9.17, 15) is 14.9 Å². The Morgan fingerprint density at radius 1 is 1.03 bits per heavy atom. The molecule has 31 heavy (non-hydrogen) atoms. The lowest BCUT2D eigenvalue weighted by Gasteiger charge is -2.20. The summed E-state index contributed by atoms with van der Waals surface area (Å²) in [6.07, 6.45) is 0.349. The van der Waals surface area contributed by atoms with Crippen LogP contribution in [0.2, 0.25) is 0 Å². The quantitative estimate of drug-likeness (QED) is 0.490. The van der Waals surface area contributed by atoms with Crippen LogP contribution in [0.1, 0.15) is 30.5 Å². The molecular weight excluding hydrogens is 406 g/mol. The molecule has 0 saturated carbocycles. The number of hydrogen-bond acceptors (Lipinski definition) is 8. The van der Waals surface area contributed by atoms with Crippen molar-refractivity contribution >= 4 is 17.3 Å². The van der Waals surface area contributed by atoms with Gasteiger partial charge in [0.1, 0.15) is 0 Å². The van der Waals surface area contributed by atoms with Crippen molar-refractivity contribution < 1.29 is 28.7 Å². The zero-order valence-corrected chi connectivity index (χ0v) is 17.9. The number of ether oxygens (including phenoxy) is 4. The fourth-order valence-electron chi connectivity index (χ4n) is 3.54. The van der Waals surface area contributed by atoms with E-state index >= 15 is 0 Å². The fraction of sp³-hybridized carbons (Fsp3) is 0.333. The Bertz CT molecular complexity index is 1030. The third-order valence-electron chi connectivity index (χ3n) is 5.02. The molecule has 0 radical (unpaired) electrons. The van der Waals surface area contributed by atoms with Crippen molar-refractivity contribution in [3.8, 4) is 23.0 Å². The van der Waals surface area contributed by atoms with Crippen LogP contribution in [-0.2, 0) is 4.79 Å². The minimum Gasteiger partial charge on any atom is -0.493 e. The second-order valence-electron chi connectivity index (χ2n) is 6.73. The topological polar surface area (TPSA) is 113 Å². The van der Waals surface area contributed by atoms with Crippen molar-refractivity contribution in [2.75, 3.05) is 28.4 Å². The molecule has 1 heterocycles. The molecule has 1 unspecified atom stereocenters. The summed E-state index contributed by atoms with van der Waals surface area (Å²) in [7, 11) is 5.90. The maximum atomic E-state index is 12.3. The largest absolute Gasteiger partial charge is 0.493 e. The first kappa shape index (κ1) is 21.9. The highest BCUT2D eigenvalue weighted by molar-refractivity contribution is 6.04. The highest BCUT2D eigenvalue weighted by atomic mass is 16.6. The summed E-state index contributed by atoms with van der Waals surface area (Å²) < 4.78 is 21.2. The molecule has 0 N–H and O–H groups in total. The lowest BCUT2D eigenvalue weighted by atomic mass is 9.97. The van der Waals surface area contributed by atoms with Crippen LogP contribution >= 0.6 is 0 Å². The molecule has 10 heteroatoms. The minimum absolute atomic E-state index is 0.145.